The second-order valence-electron chi connectivity index (χ2n) is 7.25. The van der Waals surface area contributed by atoms with Gasteiger partial charge in [0, 0.05) is 49.9 Å². The molecule has 0 aliphatic carbocycles. The van der Waals surface area contributed by atoms with Gasteiger partial charge < -0.3 is 4.90 Å². The average Bonchev–Trinajstić information content (AvgIpc) is 3.27. The molecule has 0 bridgehead atoms. The van der Waals surface area contributed by atoms with E-state index >= 15 is 0 Å². The van der Waals surface area contributed by atoms with Crippen LogP contribution in [0.25, 0.3) is 0 Å². The summed E-state index contributed by atoms with van der Waals surface area (Å²) in [5.41, 5.74) is 2.06. The predicted octanol–water partition coefficient (Wildman–Crippen LogP) is 3.50. The van der Waals surface area contributed by atoms with Gasteiger partial charge in [-0.15, -0.1) is 11.3 Å². The number of nitro benzene ring substituents is 1. The first-order valence-corrected chi connectivity index (χ1v) is 13.0. The number of nitrogens with zero attached hydrogens (tertiary/aromatic N) is 5. The number of aryl methyl sites for hydroxylation is 2. The lowest BCUT2D eigenvalue weighted by molar-refractivity contribution is -0.384. The second-order valence-corrected chi connectivity index (χ2v) is 10.8. The zero-order chi connectivity index (χ0) is 22.7. The molecule has 32 heavy (non-hydrogen) atoms. The lowest BCUT2D eigenvalue weighted by Crippen LogP contribution is -2.48. The van der Waals surface area contributed by atoms with Gasteiger partial charge in [0.2, 0.25) is 10.0 Å². The van der Waals surface area contributed by atoms with Crippen molar-refractivity contribution in [2.45, 2.75) is 17.7 Å². The van der Waals surface area contributed by atoms with Crippen molar-refractivity contribution in [3.63, 3.8) is 0 Å². The Hall–Kier alpha value is -2.41. The fraction of sp³-hybridized carbons (Fsp3) is 0.300. The van der Waals surface area contributed by atoms with E-state index in [-0.39, 0.29) is 10.6 Å². The lowest BCUT2D eigenvalue weighted by Gasteiger charge is -2.33. The number of non-ortho nitro benzene ring substituents is 1. The van der Waals surface area contributed by atoms with Crippen molar-refractivity contribution in [1.29, 1.82) is 0 Å². The SMILES string of the molecule is O=[N+]([O-])c1ccc(CCc2csc(N3CCN(S(=O)(=O)c4ccc(Br)nc4)CC3)n2)cc1. The highest BCUT2D eigenvalue weighted by atomic mass is 79.9. The van der Waals surface area contributed by atoms with Crippen LogP contribution >= 0.6 is 27.3 Å². The molecule has 2 aromatic heterocycles. The summed E-state index contributed by atoms with van der Waals surface area (Å²) >= 11 is 4.77. The highest BCUT2D eigenvalue weighted by Crippen LogP contribution is 2.25. The number of anilines is 1. The number of nitro groups is 1. The first kappa shape index (κ1) is 22.8. The minimum Gasteiger partial charge on any atom is -0.345 e. The Balaban J connectivity index is 1.32. The van der Waals surface area contributed by atoms with E-state index in [2.05, 4.69) is 25.8 Å². The van der Waals surface area contributed by atoms with Crippen molar-refractivity contribution in [1.82, 2.24) is 14.3 Å². The summed E-state index contributed by atoms with van der Waals surface area (Å²) in [6.45, 7) is 1.91. The van der Waals surface area contributed by atoms with Crippen LogP contribution in [0.5, 0.6) is 0 Å². The number of rotatable bonds is 7. The van der Waals surface area contributed by atoms with Gasteiger partial charge in [-0.1, -0.05) is 12.1 Å². The van der Waals surface area contributed by atoms with Gasteiger partial charge in [0.15, 0.2) is 5.13 Å². The molecule has 12 heteroatoms. The number of hydrogen-bond acceptors (Lipinski definition) is 8. The summed E-state index contributed by atoms with van der Waals surface area (Å²) in [5, 5.41) is 13.6. The minimum atomic E-state index is -3.56. The number of piperazine rings is 1. The predicted molar refractivity (Wildman–Crippen MR) is 126 cm³/mol. The quantitative estimate of drug-likeness (QED) is 0.257. The molecule has 0 saturated carbocycles. The zero-order valence-corrected chi connectivity index (χ0v) is 20.1. The van der Waals surface area contributed by atoms with Gasteiger partial charge in [-0.25, -0.2) is 18.4 Å². The molecular weight excluding hydrogens is 518 g/mol. The number of benzene rings is 1. The molecule has 0 atom stereocenters. The van der Waals surface area contributed by atoms with Gasteiger partial charge in [0.25, 0.3) is 5.69 Å². The molecule has 0 unspecified atom stereocenters. The molecular formula is C20H20BrN5O4S2. The largest absolute Gasteiger partial charge is 0.345 e. The lowest BCUT2D eigenvalue weighted by atomic mass is 10.1. The summed E-state index contributed by atoms with van der Waals surface area (Å²) in [7, 11) is -3.56. The third-order valence-electron chi connectivity index (χ3n) is 5.20. The second kappa shape index (κ2) is 9.61. The van der Waals surface area contributed by atoms with E-state index < -0.39 is 14.9 Å². The molecule has 1 aromatic carbocycles. The summed E-state index contributed by atoms with van der Waals surface area (Å²) < 4.78 is 27.7. The monoisotopic (exact) mass is 537 g/mol. The number of thiazole rings is 1. The number of hydrogen-bond donors (Lipinski definition) is 0. The van der Waals surface area contributed by atoms with Crippen molar-refractivity contribution in [2.75, 3.05) is 31.1 Å². The smallest absolute Gasteiger partial charge is 0.269 e. The van der Waals surface area contributed by atoms with Crippen LogP contribution in [0.4, 0.5) is 10.8 Å². The maximum atomic E-state index is 12.8. The first-order valence-electron chi connectivity index (χ1n) is 9.87. The Morgan fingerprint density at radius 1 is 1.06 bits per heavy atom. The molecule has 1 aliphatic heterocycles. The molecule has 9 nitrogen and oxygen atoms in total. The van der Waals surface area contributed by atoms with E-state index in [4.69, 9.17) is 4.98 Å². The first-order chi connectivity index (χ1) is 15.3. The van der Waals surface area contributed by atoms with E-state index in [1.54, 1.807) is 35.6 Å². The molecule has 0 N–H and O–H groups in total. The van der Waals surface area contributed by atoms with Crippen LogP contribution in [-0.2, 0) is 22.9 Å². The fourth-order valence-electron chi connectivity index (χ4n) is 3.40. The molecule has 1 fully saturated rings. The number of halogens is 1. The summed E-state index contributed by atoms with van der Waals surface area (Å²) in [6, 6.07) is 9.74. The van der Waals surface area contributed by atoms with Gasteiger partial charge in [-0.05, 0) is 46.5 Å². The van der Waals surface area contributed by atoms with Gasteiger partial charge in [0.05, 0.1) is 10.6 Å². The van der Waals surface area contributed by atoms with Crippen molar-refractivity contribution >= 4 is 48.1 Å². The van der Waals surface area contributed by atoms with Crippen LogP contribution < -0.4 is 4.90 Å². The fourth-order valence-corrected chi connectivity index (χ4v) is 5.91. The van der Waals surface area contributed by atoms with Crippen LogP contribution in [0.15, 0.2) is 57.5 Å². The van der Waals surface area contributed by atoms with Gasteiger partial charge in [-0.3, -0.25) is 10.1 Å². The summed E-state index contributed by atoms with van der Waals surface area (Å²) in [4.78, 5) is 21.4. The van der Waals surface area contributed by atoms with Crippen LogP contribution in [0.3, 0.4) is 0 Å². The van der Waals surface area contributed by atoms with E-state index in [0.717, 1.165) is 29.2 Å². The highest BCUT2D eigenvalue weighted by molar-refractivity contribution is 9.10. The molecule has 0 amide bonds. The van der Waals surface area contributed by atoms with Crippen LogP contribution in [0.2, 0.25) is 0 Å². The van der Waals surface area contributed by atoms with Crippen molar-refractivity contribution in [2.24, 2.45) is 0 Å². The summed E-state index contributed by atoms with van der Waals surface area (Å²) in [5.74, 6) is 0. The number of aromatic nitrogens is 2. The maximum Gasteiger partial charge on any atom is 0.269 e. The Morgan fingerprint density at radius 2 is 1.78 bits per heavy atom. The Labute approximate surface area is 198 Å². The third kappa shape index (κ3) is 5.14. The van der Waals surface area contributed by atoms with Crippen LogP contribution in [0.1, 0.15) is 11.3 Å². The third-order valence-corrected chi connectivity index (χ3v) is 8.51. The van der Waals surface area contributed by atoms with Crippen LogP contribution in [-0.4, -0.2) is 53.8 Å². The minimum absolute atomic E-state index is 0.0854. The standard InChI is InChI=1S/C20H20BrN5O4S2/c21-19-8-7-18(13-22-19)32(29,30)25-11-9-24(10-12-25)20-23-16(14-31-20)4-1-15-2-5-17(6-3-15)26(27)28/h2-3,5-8,13-14H,1,4,9-12H2. The molecule has 1 aliphatic rings. The Morgan fingerprint density at radius 3 is 2.41 bits per heavy atom. The average molecular weight is 538 g/mol. The van der Waals surface area contributed by atoms with E-state index in [1.807, 2.05) is 5.38 Å². The van der Waals surface area contributed by atoms with E-state index in [1.165, 1.54) is 22.6 Å². The van der Waals surface area contributed by atoms with E-state index in [0.29, 0.717) is 30.8 Å². The topological polar surface area (TPSA) is 110 Å². The highest BCUT2D eigenvalue weighted by Gasteiger charge is 2.29. The molecule has 168 valence electrons. The van der Waals surface area contributed by atoms with Gasteiger partial charge >= 0.3 is 0 Å². The molecule has 3 aromatic rings. The number of sulfonamides is 1. The van der Waals surface area contributed by atoms with Crippen molar-refractivity contribution < 1.29 is 13.3 Å². The normalized spacial score (nSPS) is 15.1. The molecule has 4 rings (SSSR count). The number of pyridine rings is 1. The van der Waals surface area contributed by atoms with Crippen molar-refractivity contribution in [3.8, 4) is 0 Å². The van der Waals surface area contributed by atoms with Gasteiger partial charge in [-0.2, -0.15) is 4.31 Å². The molecule has 0 spiro atoms. The zero-order valence-electron chi connectivity index (χ0n) is 16.9. The Kier molecular flexibility index (Phi) is 6.84. The maximum absolute atomic E-state index is 12.8. The summed E-state index contributed by atoms with van der Waals surface area (Å²) in [6.07, 6.45) is 2.84. The van der Waals surface area contributed by atoms with Crippen molar-refractivity contribution in [3.05, 3.63) is 74.0 Å². The van der Waals surface area contributed by atoms with Crippen LogP contribution in [0, 0.1) is 10.1 Å². The molecule has 0 radical (unpaired) electrons. The Bertz CT molecular complexity index is 1190. The molecule has 3 heterocycles. The van der Waals surface area contributed by atoms with Gasteiger partial charge in [0.1, 0.15) is 9.50 Å². The van der Waals surface area contributed by atoms with E-state index in [9.17, 15) is 18.5 Å². The molecule has 1 saturated heterocycles.